The maximum Gasteiger partial charge on any atom is 0.128 e. The fourth-order valence-corrected chi connectivity index (χ4v) is 1.95. The Bertz CT molecular complexity index is 406. The normalized spacial score (nSPS) is 14.4. The molecule has 1 aliphatic heterocycles. The second-order valence-corrected chi connectivity index (χ2v) is 3.92. The smallest absolute Gasteiger partial charge is 0.128 e. The molecule has 0 saturated heterocycles. The number of amidine groups is 1. The fraction of sp³-hybridized carbons (Fsp3) is 0.417. The molecule has 2 rings (SSSR count). The SMILES string of the molecule is COCCCN1Cc2ccc(F)cc2C1=N. The van der Waals surface area contributed by atoms with Gasteiger partial charge < -0.3 is 9.64 Å². The molecule has 1 aromatic rings. The molecular formula is C12H15FN2O. The quantitative estimate of drug-likeness (QED) is 0.791. The molecule has 4 heteroatoms. The zero-order valence-electron chi connectivity index (χ0n) is 9.29. The molecule has 86 valence electrons. The van der Waals surface area contributed by atoms with Crippen molar-refractivity contribution in [3.05, 3.63) is 35.1 Å². The first-order valence-corrected chi connectivity index (χ1v) is 5.33. The molecule has 1 N–H and O–H groups in total. The van der Waals surface area contributed by atoms with Crippen molar-refractivity contribution in [3.63, 3.8) is 0 Å². The van der Waals surface area contributed by atoms with Crippen molar-refractivity contribution in [2.45, 2.75) is 13.0 Å². The van der Waals surface area contributed by atoms with E-state index in [2.05, 4.69) is 0 Å². The minimum Gasteiger partial charge on any atom is -0.385 e. The number of rotatable bonds is 4. The molecule has 0 spiro atoms. The fourth-order valence-electron chi connectivity index (χ4n) is 1.95. The lowest BCUT2D eigenvalue weighted by Crippen LogP contribution is -2.25. The van der Waals surface area contributed by atoms with Crippen molar-refractivity contribution in [1.29, 1.82) is 5.41 Å². The van der Waals surface area contributed by atoms with E-state index in [1.165, 1.54) is 12.1 Å². The van der Waals surface area contributed by atoms with Gasteiger partial charge in [-0.3, -0.25) is 5.41 Å². The monoisotopic (exact) mass is 222 g/mol. The molecule has 1 aliphatic rings. The minimum absolute atomic E-state index is 0.276. The summed E-state index contributed by atoms with van der Waals surface area (Å²) in [6.07, 6.45) is 0.884. The van der Waals surface area contributed by atoms with Crippen molar-refractivity contribution >= 4 is 5.84 Å². The number of methoxy groups -OCH3 is 1. The lowest BCUT2D eigenvalue weighted by atomic mass is 10.1. The van der Waals surface area contributed by atoms with Gasteiger partial charge in [-0.05, 0) is 24.1 Å². The molecule has 0 fully saturated rings. The zero-order chi connectivity index (χ0) is 11.5. The summed E-state index contributed by atoms with van der Waals surface area (Å²) in [5.74, 6) is 0.146. The lowest BCUT2D eigenvalue weighted by molar-refractivity contribution is 0.186. The molecule has 3 nitrogen and oxygen atoms in total. The van der Waals surface area contributed by atoms with Crippen LogP contribution in [0.3, 0.4) is 0 Å². The largest absolute Gasteiger partial charge is 0.385 e. The lowest BCUT2D eigenvalue weighted by Gasteiger charge is -2.17. The van der Waals surface area contributed by atoms with Crippen LogP contribution in [0.25, 0.3) is 0 Å². The van der Waals surface area contributed by atoms with Crippen molar-refractivity contribution in [3.8, 4) is 0 Å². The molecule has 0 bridgehead atoms. The molecule has 1 heterocycles. The molecule has 0 atom stereocenters. The molecule has 0 aromatic heterocycles. The van der Waals surface area contributed by atoms with Gasteiger partial charge >= 0.3 is 0 Å². The highest BCUT2D eigenvalue weighted by Gasteiger charge is 2.23. The van der Waals surface area contributed by atoms with Gasteiger partial charge in [-0.25, -0.2) is 4.39 Å². The average Bonchev–Trinajstić information content (AvgIpc) is 2.57. The Morgan fingerprint density at radius 3 is 3.06 bits per heavy atom. The van der Waals surface area contributed by atoms with Gasteiger partial charge in [-0.1, -0.05) is 6.07 Å². The summed E-state index contributed by atoms with van der Waals surface area (Å²) >= 11 is 0. The standard InChI is InChI=1S/C12H15FN2O/c1-16-6-2-5-15-8-9-3-4-10(13)7-11(9)12(15)14/h3-4,7,14H,2,5-6,8H2,1H3. The zero-order valence-corrected chi connectivity index (χ0v) is 9.29. The molecule has 16 heavy (non-hydrogen) atoms. The number of ether oxygens (including phenoxy) is 1. The highest BCUT2D eigenvalue weighted by molar-refractivity contribution is 6.00. The minimum atomic E-state index is -0.276. The number of hydrogen-bond acceptors (Lipinski definition) is 2. The van der Waals surface area contributed by atoms with E-state index in [9.17, 15) is 4.39 Å². The third-order valence-electron chi connectivity index (χ3n) is 2.78. The maximum atomic E-state index is 13.0. The van der Waals surface area contributed by atoms with Crippen LogP contribution in [-0.4, -0.2) is 31.0 Å². The van der Waals surface area contributed by atoms with Crippen LogP contribution in [0.15, 0.2) is 18.2 Å². The first-order valence-electron chi connectivity index (χ1n) is 5.33. The molecule has 0 radical (unpaired) electrons. The molecule has 0 amide bonds. The summed E-state index contributed by atoms with van der Waals surface area (Å²) in [6.45, 7) is 2.18. The molecule has 0 aliphatic carbocycles. The van der Waals surface area contributed by atoms with Crippen molar-refractivity contribution in [1.82, 2.24) is 4.90 Å². The van der Waals surface area contributed by atoms with E-state index in [1.807, 2.05) is 4.90 Å². The third-order valence-corrected chi connectivity index (χ3v) is 2.78. The Labute approximate surface area is 94.3 Å². The van der Waals surface area contributed by atoms with E-state index < -0.39 is 0 Å². The van der Waals surface area contributed by atoms with Crippen molar-refractivity contribution < 1.29 is 9.13 Å². The molecule has 0 saturated carbocycles. The van der Waals surface area contributed by atoms with E-state index in [1.54, 1.807) is 13.2 Å². The summed E-state index contributed by atoms with van der Waals surface area (Å²) in [4.78, 5) is 1.95. The van der Waals surface area contributed by atoms with Crippen LogP contribution in [0.2, 0.25) is 0 Å². The van der Waals surface area contributed by atoms with Gasteiger partial charge in [0, 0.05) is 32.4 Å². The van der Waals surface area contributed by atoms with E-state index in [-0.39, 0.29) is 5.82 Å². The van der Waals surface area contributed by atoms with E-state index in [0.29, 0.717) is 19.0 Å². The highest BCUT2D eigenvalue weighted by Crippen LogP contribution is 2.23. The Kier molecular flexibility index (Phi) is 3.19. The van der Waals surface area contributed by atoms with Gasteiger partial charge in [-0.15, -0.1) is 0 Å². The summed E-state index contributed by atoms with van der Waals surface area (Å²) in [7, 11) is 1.67. The Hall–Kier alpha value is -1.42. The van der Waals surface area contributed by atoms with Crippen LogP contribution < -0.4 is 0 Å². The molecule has 0 unspecified atom stereocenters. The maximum absolute atomic E-state index is 13.0. The number of nitrogens with zero attached hydrogens (tertiary/aromatic N) is 1. The van der Waals surface area contributed by atoms with Gasteiger partial charge in [0.15, 0.2) is 0 Å². The number of halogens is 1. The van der Waals surface area contributed by atoms with E-state index in [4.69, 9.17) is 10.1 Å². The van der Waals surface area contributed by atoms with E-state index in [0.717, 1.165) is 24.1 Å². The van der Waals surface area contributed by atoms with Gasteiger partial charge in [0.25, 0.3) is 0 Å². The number of nitrogens with one attached hydrogen (secondary N) is 1. The highest BCUT2D eigenvalue weighted by atomic mass is 19.1. The first kappa shape index (κ1) is 11.1. The Morgan fingerprint density at radius 1 is 1.50 bits per heavy atom. The predicted octanol–water partition coefficient (Wildman–Crippen LogP) is 2.00. The van der Waals surface area contributed by atoms with Gasteiger partial charge in [0.05, 0.1) is 0 Å². The summed E-state index contributed by atoms with van der Waals surface area (Å²) in [5, 5.41) is 7.94. The number of hydrogen-bond donors (Lipinski definition) is 1. The summed E-state index contributed by atoms with van der Waals surface area (Å²) in [6, 6.07) is 4.65. The Balaban J connectivity index is 2.06. The topological polar surface area (TPSA) is 36.3 Å². The van der Waals surface area contributed by atoms with E-state index >= 15 is 0 Å². The van der Waals surface area contributed by atoms with Crippen LogP contribution in [0.4, 0.5) is 4.39 Å². The van der Waals surface area contributed by atoms with Gasteiger partial charge in [0.1, 0.15) is 11.7 Å². The van der Waals surface area contributed by atoms with Crippen LogP contribution in [0, 0.1) is 11.2 Å². The number of benzene rings is 1. The molecular weight excluding hydrogens is 207 g/mol. The first-order chi connectivity index (χ1) is 7.72. The van der Waals surface area contributed by atoms with Gasteiger partial charge in [0.2, 0.25) is 0 Å². The number of fused-ring (bicyclic) bond motifs is 1. The van der Waals surface area contributed by atoms with Crippen molar-refractivity contribution in [2.75, 3.05) is 20.3 Å². The summed E-state index contributed by atoms with van der Waals surface area (Å²) < 4.78 is 18.0. The second-order valence-electron chi connectivity index (χ2n) is 3.92. The van der Waals surface area contributed by atoms with Crippen LogP contribution >= 0.6 is 0 Å². The van der Waals surface area contributed by atoms with Crippen molar-refractivity contribution in [2.24, 2.45) is 0 Å². The van der Waals surface area contributed by atoms with Crippen LogP contribution in [0.1, 0.15) is 17.5 Å². The summed E-state index contributed by atoms with van der Waals surface area (Å²) in [5.41, 5.74) is 1.75. The Morgan fingerprint density at radius 2 is 2.31 bits per heavy atom. The predicted molar refractivity (Wildman–Crippen MR) is 60.1 cm³/mol. The van der Waals surface area contributed by atoms with Crippen LogP contribution in [0.5, 0.6) is 0 Å². The average molecular weight is 222 g/mol. The molecule has 1 aromatic carbocycles. The van der Waals surface area contributed by atoms with Gasteiger partial charge in [-0.2, -0.15) is 0 Å². The second kappa shape index (κ2) is 4.61. The third kappa shape index (κ3) is 2.07. The van der Waals surface area contributed by atoms with Crippen LogP contribution in [-0.2, 0) is 11.3 Å².